The van der Waals surface area contributed by atoms with Crippen LogP contribution in [-0.4, -0.2) is 18.3 Å². The number of hydrogen-bond donors (Lipinski definition) is 0. The van der Waals surface area contributed by atoms with Crippen molar-refractivity contribution in [1.82, 2.24) is 0 Å². The monoisotopic (exact) mass is 153 g/mol. The van der Waals surface area contributed by atoms with Gasteiger partial charge in [-0.2, -0.15) is 0 Å². The fraction of sp³-hybridized carbons (Fsp3) is 0.600. The quantitative estimate of drug-likeness (QED) is 0.237. The summed E-state index contributed by atoms with van der Waals surface area (Å²) >= 11 is 0. The molecule has 0 N–H and O–H groups in total. The third kappa shape index (κ3) is 10.8. The predicted octanol–water partition coefficient (Wildman–Crippen LogP) is -3.85. The topological polar surface area (TPSA) is 61.7 Å². The summed E-state index contributed by atoms with van der Waals surface area (Å²) in [5, 5.41) is 13.0. The van der Waals surface area contributed by atoms with Gasteiger partial charge in [-0.05, 0) is 13.8 Å². The molecular formula is C5H8NNaO3. The van der Waals surface area contributed by atoms with Gasteiger partial charge in [-0.25, -0.2) is 0 Å². The molecule has 0 aliphatic heterocycles. The maximum absolute atomic E-state index is 9.68. The number of rotatable bonds is 3. The Morgan fingerprint density at radius 3 is 2.40 bits per heavy atom. The van der Waals surface area contributed by atoms with Crippen LogP contribution in [0, 0.1) is 0 Å². The Labute approximate surface area is 81.5 Å². The zero-order chi connectivity index (χ0) is 7.28. The number of hydrogen-bond acceptors (Lipinski definition) is 4. The van der Waals surface area contributed by atoms with E-state index in [0.717, 1.165) is 0 Å². The molecule has 0 saturated heterocycles. The van der Waals surface area contributed by atoms with Crippen LogP contribution in [-0.2, 0) is 9.63 Å². The Kier molecular flexibility index (Phi) is 8.89. The van der Waals surface area contributed by atoms with Gasteiger partial charge < -0.3 is 14.7 Å². The van der Waals surface area contributed by atoms with Crippen LogP contribution in [0.4, 0.5) is 0 Å². The van der Waals surface area contributed by atoms with Crippen LogP contribution in [0.25, 0.3) is 0 Å². The van der Waals surface area contributed by atoms with Gasteiger partial charge >= 0.3 is 29.6 Å². The van der Waals surface area contributed by atoms with Crippen LogP contribution in [0.1, 0.15) is 13.8 Å². The molecule has 0 aromatic heterocycles. The first kappa shape index (κ1) is 12.6. The van der Waals surface area contributed by atoms with E-state index in [4.69, 9.17) is 0 Å². The van der Waals surface area contributed by atoms with Crippen molar-refractivity contribution >= 4 is 11.7 Å². The van der Waals surface area contributed by atoms with Gasteiger partial charge in [-0.15, -0.1) is 0 Å². The van der Waals surface area contributed by atoms with Gasteiger partial charge in [0.2, 0.25) is 0 Å². The molecule has 0 aliphatic carbocycles. The summed E-state index contributed by atoms with van der Waals surface area (Å²) in [6.45, 7) is 2.93. The third-order valence-electron chi connectivity index (χ3n) is 0.430. The first-order valence-electron chi connectivity index (χ1n) is 2.46. The molecule has 0 spiro atoms. The van der Waals surface area contributed by atoms with Crippen molar-refractivity contribution in [1.29, 1.82) is 0 Å². The molecule has 4 nitrogen and oxygen atoms in total. The second-order valence-corrected chi connectivity index (χ2v) is 1.68. The number of aliphatic carboxylic acids is 1. The first-order chi connectivity index (χ1) is 4.13. The standard InChI is InChI=1S/C5H9NO3.Na/c1-4(2)6-9-3-5(7)8;/h3H2,1-2H3,(H,7,8);/q;+1/p-1. The van der Waals surface area contributed by atoms with Gasteiger partial charge in [0.05, 0.1) is 11.7 Å². The Morgan fingerprint density at radius 1 is 1.60 bits per heavy atom. The van der Waals surface area contributed by atoms with Crippen molar-refractivity contribution in [3.05, 3.63) is 0 Å². The van der Waals surface area contributed by atoms with Crippen LogP contribution in [0.5, 0.6) is 0 Å². The summed E-state index contributed by atoms with van der Waals surface area (Å²) in [5.74, 6) is -1.26. The van der Waals surface area contributed by atoms with E-state index in [0.29, 0.717) is 5.71 Å². The molecule has 52 valence electrons. The Bertz CT molecular complexity index is 131. The van der Waals surface area contributed by atoms with Gasteiger partial charge in [0, 0.05) is 0 Å². The van der Waals surface area contributed by atoms with Crippen molar-refractivity contribution in [2.24, 2.45) is 5.16 Å². The minimum Gasteiger partial charge on any atom is -0.546 e. The average molecular weight is 153 g/mol. The normalized spacial score (nSPS) is 7.40. The van der Waals surface area contributed by atoms with E-state index in [2.05, 4.69) is 9.99 Å². The van der Waals surface area contributed by atoms with E-state index in [-0.39, 0.29) is 29.6 Å². The summed E-state index contributed by atoms with van der Waals surface area (Å²) in [4.78, 5) is 14.0. The number of carbonyl (C=O) groups excluding carboxylic acids is 1. The molecule has 0 unspecified atom stereocenters. The Morgan fingerprint density at radius 2 is 2.10 bits per heavy atom. The summed E-state index contributed by atoms with van der Waals surface area (Å²) in [5.41, 5.74) is 0.677. The van der Waals surface area contributed by atoms with Crippen LogP contribution >= 0.6 is 0 Å². The van der Waals surface area contributed by atoms with Crippen molar-refractivity contribution in [2.75, 3.05) is 6.61 Å². The molecule has 5 heteroatoms. The van der Waals surface area contributed by atoms with Crippen LogP contribution in [0.2, 0.25) is 0 Å². The zero-order valence-electron chi connectivity index (χ0n) is 6.38. The average Bonchev–Trinajstić information content (AvgIpc) is 1.63. The van der Waals surface area contributed by atoms with Gasteiger partial charge in [0.15, 0.2) is 6.61 Å². The molecule has 0 aromatic rings. The second kappa shape index (κ2) is 7.05. The minimum absolute atomic E-state index is 0. The largest absolute Gasteiger partial charge is 1.00 e. The van der Waals surface area contributed by atoms with Gasteiger partial charge in [-0.3, -0.25) is 0 Å². The molecule has 0 radical (unpaired) electrons. The van der Waals surface area contributed by atoms with E-state index < -0.39 is 12.6 Å². The molecule has 0 fully saturated rings. The molecule has 0 bridgehead atoms. The summed E-state index contributed by atoms with van der Waals surface area (Å²) in [7, 11) is 0. The number of nitrogens with zero attached hydrogens (tertiary/aromatic N) is 1. The molecular weight excluding hydrogens is 145 g/mol. The maximum Gasteiger partial charge on any atom is 1.00 e. The van der Waals surface area contributed by atoms with E-state index in [1.807, 2.05) is 0 Å². The Hall–Kier alpha value is -0.0600. The van der Waals surface area contributed by atoms with E-state index in [1.54, 1.807) is 13.8 Å². The number of carbonyl (C=O) groups is 1. The van der Waals surface area contributed by atoms with Crippen LogP contribution < -0.4 is 34.7 Å². The molecule has 0 saturated carbocycles. The van der Waals surface area contributed by atoms with Gasteiger partial charge in [0.25, 0.3) is 0 Å². The third-order valence-corrected chi connectivity index (χ3v) is 0.430. The smallest absolute Gasteiger partial charge is 0.546 e. The molecule has 10 heavy (non-hydrogen) atoms. The van der Waals surface area contributed by atoms with Gasteiger partial charge in [0.1, 0.15) is 0 Å². The SMILES string of the molecule is CC(C)=NOCC(=O)[O-].[Na+]. The van der Waals surface area contributed by atoms with Gasteiger partial charge in [-0.1, -0.05) is 5.16 Å². The van der Waals surface area contributed by atoms with Crippen molar-refractivity contribution in [3.8, 4) is 0 Å². The summed E-state index contributed by atoms with van der Waals surface area (Å²) in [6, 6.07) is 0. The van der Waals surface area contributed by atoms with E-state index in [1.165, 1.54) is 0 Å². The van der Waals surface area contributed by atoms with Crippen LogP contribution in [0.15, 0.2) is 5.16 Å². The maximum atomic E-state index is 9.68. The molecule has 0 atom stereocenters. The van der Waals surface area contributed by atoms with Crippen molar-refractivity contribution in [2.45, 2.75) is 13.8 Å². The number of carboxylic acids is 1. The molecule has 0 amide bonds. The Balaban J connectivity index is 0. The summed E-state index contributed by atoms with van der Waals surface area (Å²) < 4.78 is 0. The van der Waals surface area contributed by atoms with Crippen molar-refractivity contribution in [3.63, 3.8) is 0 Å². The van der Waals surface area contributed by atoms with E-state index in [9.17, 15) is 9.90 Å². The second-order valence-electron chi connectivity index (χ2n) is 1.68. The predicted molar refractivity (Wildman–Crippen MR) is 29.7 cm³/mol. The molecule has 0 heterocycles. The fourth-order valence-corrected chi connectivity index (χ4v) is 0.214. The molecule has 0 aliphatic rings. The van der Waals surface area contributed by atoms with E-state index >= 15 is 0 Å². The van der Waals surface area contributed by atoms with Crippen molar-refractivity contribution < 1.29 is 44.3 Å². The zero-order valence-corrected chi connectivity index (χ0v) is 8.38. The molecule has 0 rings (SSSR count). The minimum atomic E-state index is -1.26. The molecule has 0 aromatic carbocycles. The number of oxime groups is 1. The first-order valence-corrected chi connectivity index (χ1v) is 2.46. The number of carboxylic acid groups (broad SMARTS) is 1. The fourth-order valence-electron chi connectivity index (χ4n) is 0.214. The summed E-state index contributed by atoms with van der Waals surface area (Å²) in [6.07, 6.45) is 0. The van der Waals surface area contributed by atoms with Crippen LogP contribution in [0.3, 0.4) is 0 Å².